The number of hydrogen-bond acceptors (Lipinski definition) is 3. The molecule has 1 aliphatic heterocycles. The van der Waals surface area contributed by atoms with Gasteiger partial charge in [0.05, 0.1) is 10.8 Å². The predicted octanol–water partition coefficient (Wildman–Crippen LogP) is 5.54. The number of halogens is 2. The van der Waals surface area contributed by atoms with Gasteiger partial charge in [0.25, 0.3) is 0 Å². The lowest BCUT2D eigenvalue weighted by Gasteiger charge is -2.21. The molecule has 1 aliphatic rings. The Balaban J connectivity index is 2.00. The van der Waals surface area contributed by atoms with Crippen LogP contribution in [0.25, 0.3) is 0 Å². The molecular weight excluding hydrogens is 404 g/mol. The Bertz CT molecular complexity index is 952. The van der Waals surface area contributed by atoms with Crippen LogP contribution in [-0.4, -0.2) is 33.7 Å². The van der Waals surface area contributed by atoms with Crippen LogP contribution in [0, 0.1) is 12.3 Å². The van der Waals surface area contributed by atoms with E-state index in [1.54, 1.807) is 0 Å². The fraction of sp³-hybridized carbons (Fsp3) is 0.526. The number of nitrogens with zero attached hydrogens (tertiary/aromatic N) is 3. The molecule has 7 heteroatoms. The first-order valence-electron chi connectivity index (χ1n) is 8.67. The molecule has 0 radical (unpaired) electrons. The van der Waals surface area contributed by atoms with Crippen LogP contribution in [-0.2, 0) is 19.4 Å². The van der Waals surface area contributed by atoms with E-state index >= 15 is 0 Å². The molecule has 0 N–H and O–H groups in total. The van der Waals surface area contributed by atoms with Crippen molar-refractivity contribution in [2.24, 2.45) is 10.4 Å². The third kappa shape index (κ3) is 4.30. The Labute approximate surface area is 170 Å². The van der Waals surface area contributed by atoms with Gasteiger partial charge in [-0.3, -0.25) is 0 Å². The number of aromatic nitrogens is 2. The Morgan fingerprint density at radius 1 is 1.42 bits per heavy atom. The molecule has 1 aromatic carbocycles. The molecule has 3 nitrogen and oxygen atoms in total. The lowest BCUT2D eigenvalue weighted by Crippen LogP contribution is -2.19. The summed E-state index contributed by atoms with van der Waals surface area (Å²) in [5.74, 6) is 1.13. The van der Waals surface area contributed by atoms with Crippen molar-refractivity contribution in [2.45, 2.75) is 45.3 Å². The van der Waals surface area contributed by atoms with Gasteiger partial charge in [-0.1, -0.05) is 38.6 Å². The van der Waals surface area contributed by atoms with E-state index in [4.69, 9.17) is 28.2 Å². The smallest absolute Gasteiger partial charge is 0.209 e. The SMILES string of the molecule is C=P(C)(C)C(Cl)Cc1cc(N=c2snc3n2CC(C)(C)C3)c(C)cc1Cl. The minimum absolute atomic E-state index is 0.0124. The van der Waals surface area contributed by atoms with Gasteiger partial charge in [0.15, 0.2) is 0 Å². The maximum Gasteiger partial charge on any atom is 0.209 e. The van der Waals surface area contributed by atoms with Gasteiger partial charge in [0.1, 0.15) is 5.82 Å². The number of rotatable bonds is 4. The van der Waals surface area contributed by atoms with Gasteiger partial charge in [0.2, 0.25) is 4.80 Å². The van der Waals surface area contributed by atoms with Gasteiger partial charge in [-0.05, 0) is 55.3 Å². The van der Waals surface area contributed by atoms with Crippen LogP contribution in [0.5, 0.6) is 0 Å². The molecule has 1 unspecified atom stereocenters. The van der Waals surface area contributed by atoms with E-state index in [0.717, 1.165) is 45.4 Å². The van der Waals surface area contributed by atoms with Crippen LogP contribution in [0.4, 0.5) is 5.69 Å². The molecule has 0 bridgehead atoms. The van der Waals surface area contributed by atoms with E-state index in [9.17, 15) is 0 Å². The summed E-state index contributed by atoms with van der Waals surface area (Å²) in [7, 11) is 0. The summed E-state index contributed by atoms with van der Waals surface area (Å²) in [5.41, 5.74) is 3.29. The van der Waals surface area contributed by atoms with Crippen LogP contribution in [0.3, 0.4) is 0 Å². The second-order valence-corrected chi connectivity index (χ2v) is 14.7. The summed E-state index contributed by atoms with van der Waals surface area (Å²) >= 11 is 14.5. The fourth-order valence-electron chi connectivity index (χ4n) is 3.09. The zero-order valence-electron chi connectivity index (χ0n) is 16.0. The van der Waals surface area contributed by atoms with Gasteiger partial charge in [-0.2, -0.15) is 4.37 Å². The van der Waals surface area contributed by atoms with Gasteiger partial charge < -0.3 is 4.57 Å². The number of hydrogen-bond donors (Lipinski definition) is 0. The van der Waals surface area contributed by atoms with Crippen molar-refractivity contribution in [3.05, 3.63) is 38.9 Å². The monoisotopic (exact) mass is 429 g/mol. The summed E-state index contributed by atoms with van der Waals surface area (Å²) in [6.07, 6.45) is 5.97. The highest BCUT2D eigenvalue weighted by Gasteiger charge is 2.30. The second-order valence-electron chi connectivity index (χ2n) is 8.57. The van der Waals surface area contributed by atoms with E-state index in [-0.39, 0.29) is 10.5 Å². The second kappa shape index (κ2) is 7.13. The minimum Gasteiger partial charge on any atom is -0.303 e. The normalized spacial score (nSPS) is 18.2. The average molecular weight is 430 g/mol. The van der Waals surface area contributed by atoms with E-state index in [1.807, 2.05) is 13.0 Å². The quantitative estimate of drug-likeness (QED) is 0.463. The number of benzene rings is 1. The Hall–Kier alpha value is -0.540. The van der Waals surface area contributed by atoms with Gasteiger partial charge in [0, 0.05) is 29.5 Å². The van der Waals surface area contributed by atoms with E-state index in [0.29, 0.717) is 6.42 Å². The molecular formula is C19H26Cl2N3PS. The van der Waals surface area contributed by atoms with Crippen molar-refractivity contribution in [1.29, 1.82) is 0 Å². The van der Waals surface area contributed by atoms with Crippen molar-refractivity contribution in [2.75, 3.05) is 13.3 Å². The molecule has 3 rings (SSSR count). The zero-order chi connectivity index (χ0) is 19.3. The molecule has 0 aliphatic carbocycles. The van der Waals surface area contributed by atoms with Crippen LogP contribution in [0.15, 0.2) is 17.1 Å². The molecule has 1 aromatic heterocycles. The highest BCUT2D eigenvalue weighted by molar-refractivity contribution is 7.74. The fourth-order valence-corrected chi connectivity index (χ4v) is 5.01. The van der Waals surface area contributed by atoms with Crippen molar-refractivity contribution < 1.29 is 0 Å². The van der Waals surface area contributed by atoms with Crippen LogP contribution in [0.2, 0.25) is 5.02 Å². The zero-order valence-corrected chi connectivity index (χ0v) is 19.2. The lowest BCUT2D eigenvalue weighted by atomic mass is 9.92. The average Bonchev–Trinajstić information content (AvgIpc) is 2.99. The highest BCUT2D eigenvalue weighted by Crippen LogP contribution is 2.46. The van der Waals surface area contributed by atoms with Crippen LogP contribution in [0.1, 0.15) is 30.8 Å². The molecule has 0 saturated heterocycles. The first-order chi connectivity index (χ1) is 12.0. The molecule has 2 heterocycles. The standard InChI is InChI=1S/C19H26Cl2N3PS/c1-12-7-14(20)13(9-16(21)25(4,5)6)8-15(12)22-18-24-11-19(2,3)10-17(24)23-26-18/h7-8,16H,4,9-11H2,1-3,5-6H3. The number of fused-ring (bicyclic) bond motifs is 1. The summed E-state index contributed by atoms with van der Waals surface area (Å²) in [6, 6.07) is 4.07. The van der Waals surface area contributed by atoms with Crippen molar-refractivity contribution in [1.82, 2.24) is 8.94 Å². The van der Waals surface area contributed by atoms with E-state index < -0.39 is 6.89 Å². The summed E-state index contributed by atoms with van der Waals surface area (Å²) < 4.78 is 6.84. The lowest BCUT2D eigenvalue weighted by molar-refractivity contribution is 0.356. The maximum atomic E-state index is 6.59. The van der Waals surface area contributed by atoms with E-state index in [2.05, 4.69) is 48.5 Å². The molecule has 0 saturated carbocycles. The summed E-state index contributed by atoms with van der Waals surface area (Å²) in [5, 5.41) is 0.766. The Kier molecular flexibility index (Phi) is 5.54. The molecule has 2 aromatic rings. The molecule has 0 amide bonds. The highest BCUT2D eigenvalue weighted by atomic mass is 35.5. The first kappa shape index (κ1) is 20.2. The third-order valence-corrected chi connectivity index (χ3v) is 9.29. The largest absolute Gasteiger partial charge is 0.303 e. The van der Waals surface area contributed by atoms with Crippen molar-refractivity contribution in [3.8, 4) is 0 Å². The van der Waals surface area contributed by atoms with Gasteiger partial charge >= 0.3 is 0 Å². The molecule has 142 valence electrons. The first-order valence-corrected chi connectivity index (χ1v) is 13.2. The predicted molar refractivity (Wildman–Crippen MR) is 118 cm³/mol. The number of aryl methyl sites for hydroxylation is 1. The van der Waals surface area contributed by atoms with Gasteiger partial charge in [-0.25, -0.2) is 4.99 Å². The van der Waals surface area contributed by atoms with Crippen molar-refractivity contribution >= 4 is 53.6 Å². The molecule has 26 heavy (non-hydrogen) atoms. The minimum atomic E-state index is -1.39. The van der Waals surface area contributed by atoms with Crippen LogP contribution < -0.4 is 4.80 Å². The Morgan fingerprint density at radius 3 is 2.77 bits per heavy atom. The summed E-state index contributed by atoms with van der Waals surface area (Å²) in [6.45, 7) is 10.5. The van der Waals surface area contributed by atoms with Gasteiger partial charge in [-0.15, -0.1) is 11.6 Å². The molecule has 0 spiro atoms. The maximum absolute atomic E-state index is 6.59. The Morgan fingerprint density at radius 2 is 2.12 bits per heavy atom. The number of alkyl halides is 1. The molecule has 1 atom stereocenters. The summed E-state index contributed by atoms with van der Waals surface area (Å²) in [4.78, 5) is 5.87. The van der Waals surface area contributed by atoms with E-state index in [1.165, 1.54) is 11.5 Å². The van der Waals surface area contributed by atoms with Crippen LogP contribution >= 0.6 is 41.6 Å². The molecule has 0 fully saturated rings. The van der Waals surface area contributed by atoms with Crippen molar-refractivity contribution in [3.63, 3.8) is 0 Å². The third-order valence-electron chi connectivity index (χ3n) is 4.73. The topological polar surface area (TPSA) is 30.2 Å².